The fourth-order valence-corrected chi connectivity index (χ4v) is 2.59. The third kappa shape index (κ3) is 4.51. The summed E-state index contributed by atoms with van der Waals surface area (Å²) < 4.78 is 10.6. The van der Waals surface area contributed by atoms with Gasteiger partial charge in [-0.1, -0.05) is 23.7 Å². The lowest BCUT2D eigenvalue weighted by Gasteiger charge is -2.15. The molecular formula is C19H20ClN5O2. The summed E-state index contributed by atoms with van der Waals surface area (Å²) in [7, 11) is 3.19. The normalized spacial score (nSPS) is 10.3. The average molecular weight is 386 g/mol. The fourth-order valence-electron chi connectivity index (χ4n) is 2.46. The molecule has 0 atom stereocenters. The molecular weight excluding hydrogens is 366 g/mol. The standard InChI is InChI=1S/C19H20ClN5O2/c1-26-14-7-8-16(27-2)15(9-14)25-19-17(21)18(23-11-24-19)22-10-12-3-5-13(20)6-4-12/h3-9,11H,10,21H2,1-2H3,(H2,22,23,24,25). The molecule has 0 amide bonds. The van der Waals surface area contributed by atoms with Gasteiger partial charge in [0, 0.05) is 17.6 Å². The van der Waals surface area contributed by atoms with Crippen LogP contribution >= 0.6 is 11.6 Å². The second-order valence-corrected chi connectivity index (χ2v) is 6.09. The number of aromatic nitrogens is 2. The molecule has 1 heterocycles. The summed E-state index contributed by atoms with van der Waals surface area (Å²) in [6, 6.07) is 13.0. The number of nitrogens with zero attached hydrogens (tertiary/aromatic N) is 2. The first-order valence-corrected chi connectivity index (χ1v) is 8.56. The molecule has 0 fully saturated rings. The van der Waals surface area contributed by atoms with E-state index in [1.807, 2.05) is 30.3 Å². The zero-order valence-electron chi connectivity index (χ0n) is 15.0. The molecule has 3 aromatic rings. The third-order valence-corrected chi connectivity index (χ3v) is 4.17. The van der Waals surface area contributed by atoms with Crippen LogP contribution in [0.4, 0.5) is 23.0 Å². The zero-order valence-corrected chi connectivity index (χ0v) is 15.7. The summed E-state index contributed by atoms with van der Waals surface area (Å²) in [5.74, 6) is 2.33. The summed E-state index contributed by atoms with van der Waals surface area (Å²) in [6.45, 7) is 0.556. The number of nitrogen functional groups attached to an aromatic ring is 1. The Balaban J connectivity index is 1.79. The Morgan fingerprint density at radius 1 is 1.00 bits per heavy atom. The molecule has 4 N–H and O–H groups in total. The third-order valence-electron chi connectivity index (χ3n) is 3.92. The molecule has 0 unspecified atom stereocenters. The van der Waals surface area contributed by atoms with Gasteiger partial charge in [-0.3, -0.25) is 0 Å². The Kier molecular flexibility index (Phi) is 5.83. The number of nitrogens with one attached hydrogen (secondary N) is 2. The van der Waals surface area contributed by atoms with Crippen LogP contribution < -0.4 is 25.8 Å². The van der Waals surface area contributed by atoms with Gasteiger partial charge in [0.25, 0.3) is 0 Å². The van der Waals surface area contributed by atoms with Crippen LogP contribution in [0.3, 0.4) is 0 Å². The lowest BCUT2D eigenvalue weighted by Crippen LogP contribution is -2.08. The molecule has 0 aliphatic rings. The first kappa shape index (κ1) is 18.6. The number of benzene rings is 2. The molecule has 0 spiro atoms. The SMILES string of the molecule is COc1ccc(OC)c(Nc2ncnc(NCc3ccc(Cl)cc3)c2N)c1. The van der Waals surface area contributed by atoms with Crippen LogP contribution in [0.25, 0.3) is 0 Å². The van der Waals surface area contributed by atoms with Gasteiger partial charge in [-0.2, -0.15) is 0 Å². The van der Waals surface area contributed by atoms with E-state index in [2.05, 4.69) is 20.6 Å². The lowest BCUT2D eigenvalue weighted by atomic mass is 10.2. The van der Waals surface area contributed by atoms with Gasteiger partial charge in [0.05, 0.1) is 19.9 Å². The van der Waals surface area contributed by atoms with Crippen molar-refractivity contribution in [2.75, 3.05) is 30.6 Å². The molecule has 0 saturated carbocycles. The van der Waals surface area contributed by atoms with Crippen molar-refractivity contribution in [2.24, 2.45) is 0 Å². The Hall–Kier alpha value is -3.19. The number of methoxy groups -OCH3 is 2. The van der Waals surface area contributed by atoms with Crippen molar-refractivity contribution in [3.05, 3.63) is 59.4 Å². The average Bonchev–Trinajstić information content (AvgIpc) is 2.69. The van der Waals surface area contributed by atoms with E-state index in [9.17, 15) is 0 Å². The van der Waals surface area contributed by atoms with Crippen molar-refractivity contribution in [3.63, 3.8) is 0 Å². The molecule has 0 saturated heterocycles. The van der Waals surface area contributed by atoms with Gasteiger partial charge < -0.3 is 25.8 Å². The summed E-state index contributed by atoms with van der Waals surface area (Å²) in [4.78, 5) is 8.45. The topological polar surface area (TPSA) is 94.3 Å². The molecule has 0 radical (unpaired) electrons. The van der Waals surface area contributed by atoms with Crippen LogP contribution in [0.2, 0.25) is 5.02 Å². The van der Waals surface area contributed by atoms with E-state index in [1.54, 1.807) is 26.4 Å². The molecule has 0 aliphatic carbocycles. The van der Waals surface area contributed by atoms with Crippen LogP contribution in [0.5, 0.6) is 11.5 Å². The maximum absolute atomic E-state index is 6.24. The number of anilines is 4. The van der Waals surface area contributed by atoms with E-state index in [1.165, 1.54) is 6.33 Å². The number of ether oxygens (including phenoxy) is 2. The Bertz CT molecular complexity index is 918. The minimum absolute atomic E-state index is 0.399. The van der Waals surface area contributed by atoms with Gasteiger partial charge in [-0.15, -0.1) is 0 Å². The Morgan fingerprint density at radius 2 is 1.74 bits per heavy atom. The Morgan fingerprint density at radius 3 is 2.44 bits per heavy atom. The highest BCUT2D eigenvalue weighted by Gasteiger charge is 2.12. The molecule has 2 aromatic carbocycles. The minimum Gasteiger partial charge on any atom is -0.497 e. The molecule has 0 bridgehead atoms. The molecule has 8 heteroatoms. The smallest absolute Gasteiger partial charge is 0.159 e. The summed E-state index contributed by atoms with van der Waals surface area (Å²) in [5.41, 5.74) is 8.38. The Labute approximate surface area is 162 Å². The highest BCUT2D eigenvalue weighted by Crippen LogP contribution is 2.33. The monoisotopic (exact) mass is 385 g/mol. The molecule has 3 rings (SSSR count). The summed E-state index contributed by atoms with van der Waals surface area (Å²) >= 11 is 5.91. The van der Waals surface area contributed by atoms with E-state index in [4.69, 9.17) is 26.8 Å². The van der Waals surface area contributed by atoms with E-state index >= 15 is 0 Å². The van der Waals surface area contributed by atoms with Gasteiger partial charge in [-0.05, 0) is 29.8 Å². The minimum atomic E-state index is 0.399. The number of rotatable bonds is 7. The second-order valence-electron chi connectivity index (χ2n) is 5.66. The lowest BCUT2D eigenvalue weighted by molar-refractivity contribution is 0.405. The zero-order chi connectivity index (χ0) is 19.2. The maximum Gasteiger partial charge on any atom is 0.159 e. The number of hydrogen-bond acceptors (Lipinski definition) is 7. The number of nitrogens with two attached hydrogens (primary N) is 1. The van der Waals surface area contributed by atoms with Crippen LogP contribution in [-0.4, -0.2) is 24.2 Å². The van der Waals surface area contributed by atoms with Crippen LogP contribution in [0.15, 0.2) is 48.8 Å². The van der Waals surface area contributed by atoms with Crippen molar-refractivity contribution < 1.29 is 9.47 Å². The van der Waals surface area contributed by atoms with Crippen molar-refractivity contribution in [1.29, 1.82) is 0 Å². The summed E-state index contributed by atoms with van der Waals surface area (Å²) in [5, 5.41) is 7.08. The molecule has 1 aromatic heterocycles. The highest BCUT2D eigenvalue weighted by molar-refractivity contribution is 6.30. The van der Waals surface area contributed by atoms with Crippen molar-refractivity contribution in [1.82, 2.24) is 9.97 Å². The summed E-state index contributed by atoms with van der Waals surface area (Å²) in [6.07, 6.45) is 1.44. The maximum atomic E-state index is 6.24. The highest BCUT2D eigenvalue weighted by atomic mass is 35.5. The van der Waals surface area contributed by atoms with Gasteiger partial charge >= 0.3 is 0 Å². The second kappa shape index (κ2) is 8.46. The molecule has 27 heavy (non-hydrogen) atoms. The van der Waals surface area contributed by atoms with Gasteiger partial charge in [0.15, 0.2) is 11.6 Å². The van der Waals surface area contributed by atoms with E-state index < -0.39 is 0 Å². The van der Waals surface area contributed by atoms with Gasteiger partial charge in [-0.25, -0.2) is 9.97 Å². The van der Waals surface area contributed by atoms with Gasteiger partial charge in [0.2, 0.25) is 0 Å². The van der Waals surface area contributed by atoms with E-state index in [0.29, 0.717) is 46.1 Å². The predicted octanol–water partition coefficient (Wildman–Crippen LogP) is 4.09. The first-order valence-electron chi connectivity index (χ1n) is 8.18. The number of halogens is 1. The quantitative estimate of drug-likeness (QED) is 0.564. The van der Waals surface area contributed by atoms with Crippen LogP contribution in [0.1, 0.15) is 5.56 Å². The largest absolute Gasteiger partial charge is 0.497 e. The van der Waals surface area contributed by atoms with Crippen LogP contribution in [0, 0.1) is 0 Å². The number of hydrogen-bond donors (Lipinski definition) is 3. The van der Waals surface area contributed by atoms with E-state index in [-0.39, 0.29) is 0 Å². The predicted molar refractivity (Wildman–Crippen MR) is 108 cm³/mol. The van der Waals surface area contributed by atoms with Crippen molar-refractivity contribution in [2.45, 2.75) is 6.54 Å². The molecule has 0 aliphatic heterocycles. The first-order chi connectivity index (χ1) is 13.1. The molecule has 7 nitrogen and oxygen atoms in total. The molecule has 140 valence electrons. The fraction of sp³-hybridized carbons (Fsp3) is 0.158. The van der Waals surface area contributed by atoms with E-state index in [0.717, 1.165) is 5.56 Å². The van der Waals surface area contributed by atoms with Crippen molar-refractivity contribution in [3.8, 4) is 11.5 Å². The van der Waals surface area contributed by atoms with Gasteiger partial charge in [0.1, 0.15) is 23.5 Å². The van der Waals surface area contributed by atoms with Crippen LogP contribution in [-0.2, 0) is 6.54 Å². The van der Waals surface area contributed by atoms with Crippen molar-refractivity contribution >= 4 is 34.6 Å².